The molecule has 0 spiro atoms. The summed E-state index contributed by atoms with van der Waals surface area (Å²) in [6.45, 7) is 5.49. The number of ether oxygens (including phenoxy) is 1. The van der Waals surface area contributed by atoms with Crippen molar-refractivity contribution in [2.75, 3.05) is 6.61 Å². The predicted octanol–water partition coefficient (Wildman–Crippen LogP) is 0.877. The average molecular weight is 170 g/mol. The molecule has 0 aliphatic heterocycles. The zero-order valence-electron chi connectivity index (χ0n) is 7.63. The summed E-state index contributed by atoms with van der Waals surface area (Å²) in [6, 6.07) is 0. The molecule has 0 amide bonds. The normalized spacial score (nSPS) is 21.7. The summed E-state index contributed by atoms with van der Waals surface area (Å²) in [5, 5.41) is 9.47. The quantitative estimate of drug-likeness (QED) is 0.505. The fourth-order valence-electron chi connectivity index (χ4n) is 1.14. The highest BCUT2D eigenvalue weighted by molar-refractivity contribution is 5.84. The van der Waals surface area contributed by atoms with Crippen molar-refractivity contribution in [2.45, 2.75) is 26.4 Å². The molecule has 0 aromatic carbocycles. The molecular weight excluding hydrogens is 156 g/mol. The monoisotopic (exact) mass is 170 g/mol. The number of esters is 1. The first kappa shape index (κ1) is 9.26. The molecule has 1 N–H and O–H groups in total. The Morgan fingerprint density at radius 3 is 2.67 bits per heavy atom. The number of carbonyl (C=O) groups is 1. The van der Waals surface area contributed by atoms with Crippen LogP contribution in [-0.4, -0.2) is 23.3 Å². The number of hydrogen-bond acceptors (Lipinski definition) is 3. The van der Waals surface area contributed by atoms with Crippen molar-refractivity contribution in [3.8, 4) is 0 Å². The van der Waals surface area contributed by atoms with Crippen molar-refractivity contribution in [2.24, 2.45) is 5.92 Å². The predicted molar refractivity (Wildman–Crippen MR) is 44.5 cm³/mol. The second-order valence-electron chi connectivity index (χ2n) is 3.41. The van der Waals surface area contributed by atoms with Gasteiger partial charge in [-0.25, -0.2) is 0 Å². The fraction of sp³-hybridized carbons (Fsp3) is 0.667. The van der Waals surface area contributed by atoms with Crippen molar-refractivity contribution in [1.29, 1.82) is 0 Å². The highest BCUT2D eigenvalue weighted by Gasteiger charge is 2.41. The van der Waals surface area contributed by atoms with E-state index in [1.165, 1.54) is 0 Å². The third-order valence-corrected chi connectivity index (χ3v) is 1.82. The van der Waals surface area contributed by atoms with Gasteiger partial charge in [-0.2, -0.15) is 0 Å². The molecule has 0 heterocycles. The maximum atomic E-state index is 11.1. The Labute approximate surface area is 72.0 Å². The lowest BCUT2D eigenvalue weighted by molar-refractivity contribution is -0.144. The van der Waals surface area contributed by atoms with Crippen LogP contribution in [0.15, 0.2) is 11.6 Å². The third-order valence-electron chi connectivity index (χ3n) is 1.82. The Kier molecular flexibility index (Phi) is 2.24. The second-order valence-corrected chi connectivity index (χ2v) is 3.41. The lowest BCUT2D eigenvalue weighted by Crippen LogP contribution is -2.21. The summed E-state index contributed by atoms with van der Waals surface area (Å²) in [7, 11) is 0. The molecule has 0 aromatic heterocycles. The van der Waals surface area contributed by atoms with Crippen molar-refractivity contribution < 1.29 is 14.6 Å². The van der Waals surface area contributed by atoms with Gasteiger partial charge in [-0.1, -0.05) is 6.08 Å². The summed E-state index contributed by atoms with van der Waals surface area (Å²) in [5.41, 5.74) is -0.113. The molecule has 1 atom stereocenters. The molecule has 1 rings (SSSR count). The van der Waals surface area contributed by atoms with Gasteiger partial charge >= 0.3 is 5.97 Å². The topological polar surface area (TPSA) is 46.5 Å². The van der Waals surface area contributed by atoms with Crippen LogP contribution in [0.3, 0.4) is 0 Å². The van der Waals surface area contributed by atoms with E-state index in [-0.39, 0.29) is 11.9 Å². The first-order valence-corrected chi connectivity index (χ1v) is 4.08. The van der Waals surface area contributed by atoms with Crippen LogP contribution in [0.5, 0.6) is 0 Å². The molecule has 3 nitrogen and oxygen atoms in total. The Morgan fingerprint density at radius 2 is 2.33 bits per heavy atom. The molecule has 0 aromatic rings. The van der Waals surface area contributed by atoms with Gasteiger partial charge in [0, 0.05) is 0 Å². The number of rotatable bonds is 3. The van der Waals surface area contributed by atoms with Crippen molar-refractivity contribution >= 4 is 5.97 Å². The lowest BCUT2D eigenvalue weighted by Gasteiger charge is -2.14. The highest BCUT2D eigenvalue weighted by Crippen LogP contribution is 2.38. The van der Waals surface area contributed by atoms with Gasteiger partial charge in [0.05, 0.1) is 18.1 Å². The van der Waals surface area contributed by atoms with E-state index in [9.17, 15) is 9.90 Å². The number of hydrogen-bond donors (Lipinski definition) is 1. The van der Waals surface area contributed by atoms with Crippen LogP contribution >= 0.6 is 0 Å². The third kappa shape index (κ3) is 1.85. The average Bonchev–Trinajstić information content (AvgIpc) is 2.62. The van der Waals surface area contributed by atoms with E-state index in [2.05, 4.69) is 0 Å². The zero-order valence-corrected chi connectivity index (χ0v) is 7.63. The molecule has 0 fully saturated rings. The van der Waals surface area contributed by atoms with Crippen LogP contribution in [0.2, 0.25) is 0 Å². The lowest BCUT2D eigenvalue weighted by atomic mass is 10.0. The Bertz CT molecular complexity index is 222. The van der Waals surface area contributed by atoms with Gasteiger partial charge in [0.2, 0.25) is 0 Å². The SMILES string of the molecule is CCOC(=O)C1C=C1C(C)(C)O. The van der Waals surface area contributed by atoms with E-state index in [1.54, 1.807) is 26.8 Å². The molecule has 1 aliphatic carbocycles. The molecule has 12 heavy (non-hydrogen) atoms. The maximum Gasteiger partial charge on any atom is 0.317 e. The van der Waals surface area contributed by atoms with E-state index in [1.807, 2.05) is 0 Å². The minimum atomic E-state index is -0.878. The van der Waals surface area contributed by atoms with Crippen LogP contribution in [0, 0.1) is 5.92 Å². The molecule has 1 aliphatic rings. The van der Waals surface area contributed by atoms with Crippen LogP contribution in [-0.2, 0) is 9.53 Å². The smallest absolute Gasteiger partial charge is 0.317 e. The molecule has 1 unspecified atom stereocenters. The molecule has 0 radical (unpaired) electrons. The number of carbonyl (C=O) groups excluding carboxylic acids is 1. The highest BCUT2D eigenvalue weighted by atomic mass is 16.5. The van der Waals surface area contributed by atoms with Crippen molar-refractivity contribution in [1.82, 2.24) is 0 Å². The van der Waals surface area contributed by atoms with Gasteiger partial charge in [-0.05, 0) is 26.3 Å². The molecule has 0 saturated heterocycles. The first-order valence-electron chi connectivity index (χ1n) is 4.08. The van der Waals surface area contributed by atoms with E-state index in [4.69, 9.17) is 4.74 Å². The minimum absolute atomic E-state index is 0.255. The van der Waals surface area contributed by atoms with E-state index in [0.29, 0.717) is 6.61 Å². The maximum absolute atomic E-state index is 11.1. The van der Waals surface area contributed by atoms with E-state index in [0.717, 1.165) is 5.57 Å². The summed E-state index contributed by atoms with van der Waals surface area (Å²) in [6.07, 6.45) is 1.73. The summed E-state index contributed by atoms with van der Waals surface area (Å²) in [4.78, 5) is 11.1. The fourth-order valence-corrected chi connectivity index (χ4v) is 1.14. The van der Waals surface area contributed by atoms with Crippen LogP contribution < -0.4 is 0 Å². The molecular formula is C9H14O3. The van der Waals surface area contributed by atoms with Gasteiger partial charge in [-0.3, -0.25) is 4.79 Å². The Morgan fingerprint density at radius 1 is 1.75 bits per heavy atom. The minimum Gasteiger partial charge on any atom is -0.465 e. The van der Waals surface area contributed by atoms with Crippen molar-refractivity contribution in [3.05, 3.63) is 11.6 Å². The molecule has 0 saturated carbocycles. The first-order chi connectivity index (χ1) is 5.46. The van der Waals surface area contributed by atoms with Crippen LogP contribution in [0.1, 0.15) is 20.8 Å². The number of aliphatic hydroxyl groups is 1. The van der Waals surface area contributed by atoms with Gasteiger partial charge in [0.15, 0.2) is 0 Å². The zero-order chi connectivity index (χ0) is 9.35. The summed E-state index contributed by atoms with van der Waals surface area (Å²) in [5.74, 6) is -0.528. The van der Waals surface area contributed by atoms with Crippen LogP contribution in [0.25, 0.3) is 0 Å². The molecule has 3 heteroatoms. The Hall–Kier alpha value is -0.830. The largest absolute Gasteiger partial charge is 0.465 e. The van der Waals surface area contributed by atoms with E-state index >= 15 is 0 Å². The summed E-state index contributed by atoms with van der Waals surface area (Å²) >= 11 is 0. The van der Waals surface area contributed by atoms with Gasteiger partial charge < -0.3 is 9.84 Å². The van der Waals surface area contributed by atoms with Crippen LogP contribution in [0.4, 0.5) is 0 Å². The molecule has 68 valence electrons. The van der Waals surface area contributed by atoms with Gasteiger partial charge in [-0.15, -0.1) is 0 Å². The second kappa shape index (κ2) is 2.90. The molecule has 0 bridgehead atoms. The van der Waals surface area contributed by atoms with Gasteiger partial charge in [0.1, 0.15) is 0 Å². The van der Waals surface area contributed by atoms with Gasteiger partial charge in [0.25, 0.3) is 0 Å². The Balaban J connectivity index is 2.41. The van der Waals surface area contributed by atoms with Crippen molar-refractivity contribution in [3.63, 3.8) is 0 Å². The summed E-state index contributed by atoms with van der Waals surface area (Å²) < 4.78 is 4.79. The van der Waals surface area contributed by atoms with E-state index < -0.39 is 5.60 Å². The standard InChI is InChI=1S/C9H14O3/c1-4-12-8(10)6-5-7(6)9(2,3)11/h5-6,11H,4H2,1-3H3.